The third-order valence-electron chi connectivity index (χ3n) is 4.83. The van der Waals surface area contributed by atoms with Gasteiger partial charge in [-0.25, -0.2) is 0 Å². The van der Waals surface area contributed by atoms with E-state index in [0.29, 0.717) is 24.5 Å². The van der Waals surface area contributed by atoms with Gasteiger partial charge in [0.25, 0.3) is 0 Å². The number of benzene rings is 1. The second kappa shape index (κ2) is 7.32. The molecule has 0 bridgehead atoms. The van der Waals surface area contributed by atoms with Crippen molar-refractivity contribution in [3.8, 4) is 0 Å². The van der Waals surface area contributed by atoms with Crippen molar-refractivity contribution in [2.24, 2.45) is 0 Å². The Balaban J connectivity index is 1.41. The summed E-state index contributed by atoms with van der Waals surface area (Å²) in [6.07, 6.45) is 3.40. The Bertz CT molecular complexity index is 639. The molecule has 24 heavy (non-hydrogen) atoms. The van der Waals surface area contributed by atoms with Crippen molar-refractivity contribution >= 4 is 6.01 Å². The molecular formula is C18H24N4O2. The van der Waals surface area contributed by atoms with Crippen molar-refractivity contribution in [2.45, 2.75) is 31.8 Å². The van der Waals surface area contributed by atoms with Crippen molar-refractivity contribution in [1.82, 2.24) is 15.1 Å². The lowest BCUT2D eigenvalue weighted by atomic mass is 10.0. The number of hydrogen-bond acceptors (Lipinski definition) is 6. The van der Waals surface area contributed by atoms with E-state index in [0.717, 1.165) is 39.3 Å². The van der Waals surface area contributed by atoms with Gasteiger partial charge in [0.05, 0.1) is 19.8 Å². The van der Waals surface area contributed by atoms with Crippen LogP contribution in [0.15, 0.2) is 34.7 Å². The summed E-state index contributed by atoms with van der Waals surface area (Å²) in [5.41, 5.74) is 1.33. The van der Waals surface area contributed by atoms with Gasteiger partial charge in [-0.15, -0.1) is 5.10 Å². The molecule has 0 spiro atoms. The summed E-state index contributed by atoms with van der Waals surface area (Å²) in [5, 5.41) is 8.48. The fourth-order valence-corrected chi connectivity index (χ4v) is 3.49. The van der Waals surface area contributed by atoms with Crippen LogP contribution in [-0.2, 0) is 17.7 Å². The first-order valence-corrected chi connectivity index (χ1v) is 8.81. The quantitative estimate of drug-likeness (QED) is 0.838. The first-order chi connectivity index (χ1) is 11.9. The predicted octanol–water partition coefficient (Wildman–Crippen LogP) is 2.11. The molecule has 2 saturated heterocycles. The smallest absolute Gasteiger partial charge is 0.318 e. The molecule has 4 rings (SSSR count). The molecule has 2 aliphatic heterocycles. The number of hydrogen-bond donors (Lipinski definition) is 0. The average molecular weight is 328 g/mol. The van der Waals surface area contributed by atoms with Crippen molar-refractivity contribution in [1.29, 1.82) is 0 Å². The van der Waals surface area contributed by atoms with Crippen LogP contribution in [0.1, 0.15) is 24.3 Å². The van der Waals surface area contributed by atoms with E-state index in [1.165, 1.54) is 18.4 Å². The van der Waals surface area contributed by atoms with E-state index in [-0.39, 0.29) is 0 Å². The van der Waals surface area contributed by atoms with Gasteiger partial charge in [0.15, 0.2) is 0 Å². The minimum atomic E-state index is 0.350. The van der Waals surface area contributed by atoms with Gasteiger partial charge in [0.2, 0.25) is 5.89 Å². The zero-order valence-electron chi connectivity index (χ0n) is 13.9. The normalized spacial score (nSPS) is 22.2. The Morgan fingerprint density at radius 2 is 1.88 bits per heavy atom. The molecule has 0 amide bonds. The molecule has 3 heterocycles. The van der Waals surface area contributed by atoms with Crippen molar-refractivity contribution in [2.75, 3.05) is 37.7 Å². The van der Waals surface area contributed by atoms with Gasteiger partial charge < -0.3 is 14.1 Å². The monoisotopic (exact) mass is 328 g/mol. The molecule has 0 saturated carbocycles. The van der Waals surface area contributed by atoms with Crippen LogP contribution in [-0.4, -0.2) is 54.0 Å². The maximum Gasteiger partial charge on any atom is 0.318 e. The number of aromatic nitrogens is 2. The Hall–Kier alpha value is -1.92. The van der Waals surface area contributed by atoms with Crippen LogP contribution in [0.5, 0.6) is 0 Å². The summed E-state index contributed by atoms with van der Waals surface area (Å²) in [7, 11) is 0. The predicted molar refractivity (Wildman–Crippen MR) is 90.9 cm³/mol. The van der Waals surface area contributed by atoms with Gasteiger partial charge in [-0.05, 0) is 24.8 Å². The van der Waals surface area contributed by atoms with Gasteiger partial charge >= 0.3 is 6.01 Å². The molecule has 2 fully saturated rings. The fraction of sp³-hybridized carbons (Fsp3) is 0.556. The average Bonchev–Trinajstić information content (AvgIpc) is 3.29. The molecule has 0 aliphatic carbocycles. The maximum atomic E-state index is 5.89. The summed E-state index contributed by atoms with van der Waals surface area (Å²) < 4.78 is 11.6. The lowest BCUT2D eigenvalue weighted by Crippen LogP contribution is -2.46. The van der Waals surface area contributed by atoms with Gasteiger partial charge in [-0.2, -0.15) is 0 Å². The second-order valence-electron chi connectivity index (χ2n) is 6.56. The number of rotatable bonds is 5. The maximum absolute atomic E-state index is 5.89. The molecule has 6 nitrogen and oxygen atoms in total. The minimum Gasteiger partial charge on any atom is -0.407 e. The van der Waals surface area contributed by atoms with Gasteiger partial charge in [-0.3, -0.25) is 4.90 Å². The molecule has 2 aliphatic rings. The van der Waals surface area contributed by atoms with Crippen molar-refractivity contribution in [3.63, 3.8) is 0 Å². The van der Waals surface area contributed by atoms with Crippen molar-refractivity contribution in [3.05, 3.63) is 41.8 Å². The molecule has 6 heteroatoms. The highest BCUT2D eigenvalue weighted by molar-refractivity contribution is 5.25. The largest absolute Gasteiger partial charge is 0.407 e. The summed E-state index contributed by atoms with van der Waals surface area (Å²) >= 11 is 0. The number of morpholine rings is 1. The molecule has 0 N–H and O–H groups in total. The number of anilines is 1. The first kappa shape index (κ1) is 15.6. The van der Waals surface area contributed by atoms with Crippen LogP contribution in [0.2, 0.25) is 0 Å². The Kier molecular flexibility index (Phi) is 4.76. The van der Waals surface area contributed by atoms with Crippen LogP contribution in [0, 0.1) is 0 Å². The Morgan fingerprint density at radius 3 is 2.71 bits per heavy atom. The molecule has 1 aromatic heterocycles. The number of nitrogens with zero attached hydrogens (tertiary/aromatic N) is 4. The van der Waals surface area contributed by atoms with Crippen molar-refractivity contribution < 1.29 is 9.15 Å². The lowest BCUT2D eigenvalue weighted by molar-refractivity contribution is -0.0146. The first-order valence-electron chi connectivity index (χ1n) is 8.81. The second-order valence-corrected chi connectivity index (χ2v) is 6.56. The van der Waals surface area contributed by atoms with Crippen LogP contribution < -0.4 is 4.90 Å². The highest BCUT2D eigenvalue weighted by atomic mass is 16.5. The summed E-state index contributed by atoms with van der Waals surface area (Å²) in [5.74, 6) is 0.705. The molecule has 0 radical (unpaired) electrons. The minimum absolute atomic E-state index is 0.350. The topological polar surface area (TPSA) is 54.6 Å². The fourth-order valence-electron chi connectivity index (χ4n) is 3.49. The molecule has 1 atom stereocenters. The molecular weight excluding hydrogens is 304 g/mol. The molecule has 2 aromatic rings. The lowest BCUT2D eigenvalue weighted by Gasteiger charge is -2.34. The highest BCUT2D eigenvalue weighted by Crippen LogP contribution is 2.21. The highest BCUT2D eigenvalue weighted by Gasteiger charge is 2.26. The molecule has 128 valence electrons. The Labute approximate surface area is 142 Å². The van der Waals surface area contributed by atoms with E-state index in [4.69, 9.17) is 9.15 Å². The van der Waals surface area contributed by atoms with E-state index in [1.807, 2.05) is 0 Å². The zero-order valence-corrected chi connectivity index (χ0v) is 13.9. The van der Waals surface area contributed by atoms with E-state index in [9.17, 15) is 0 Å². The number of ether oxygens (including phenoxy) is 1. The summed E-state index contributed by atoms with van der Waals surface area (Å²) in [4.78, 5) is 4.58. The summed E-state index contributed by atoms with van der Waals surface area (Å²) in [6.45, 7) is 5.16. The third-order valence-corrected chi connectivity index (χ3v) is 4.83. The zero-order chi connectivity index (χ0) is 16.2. The van der Waals surface area contributed by atoms with E-state index in [2.05, 4.69) is 50.3 Å². The summed E-state index contributed by atoms with van der Waals surface area (Å²) in [6, 6.07) is 11.6. The van der Waals surface area contributed by atoms with Crippen LogP contribution in [0.25, 0.3) is 0 Å². The van der Waals surface area contributed by atoms with Gasteiger partial charge in [0, 0.05) is 25.7 Å². The van der Waals surface area contributed by atoms with E-state index < -0.39 is 0 Å². The van der Waals surface area contributed by atoms with Gasteiger partial charge in [-0.1, -0.05) is 35.4 Å². The van der Waals surface area contributed by atoms with Crippen LogP contribution >= 0.6 is 0 Å². The molecule has 0 unspecified atom stereocenters. The Morgan fingerprint density at radius 1 is 1.04 bits per heavy atom. The standard InChI is InChI=1S/C18H24N4O2/c1-2-6-15(7-3-1)12-16-14-23-11-10-22(16)13-17-19-20-18(24-17)21-8-4-5-9-21/h1-3,6-7,16H,4-5,8-14H2/t16-/m0/s1. The SMILES string of the molecule is c1ccc(C[C@H]2COCCN2Cc2nnc(N3CCCC3)o2)cc1. The van der Waals surface area contributed by atoms with E-state index in [1.54, 1.807) is 0 Å². The third kappa shape index (κ3) is 3.60. The van der Waals surface area contributed by atoms with Crippen LogP contribution in [0.4, 0.5) is 6.01 Å². The molecule has 1 aromatic carbocycles. The van der Waals surface area contributed by atoms with Gasteiger partial charge in [0.1, 0.15) is 0 Å². The van der Waals surface area contributed by atoms with E-state index >= 15 is 0 Å². The van der Waals surface area contributed by atoms with Crippen LogP contribution in [0.3, 0.4) is 0 Å².